The lowest BCUT2D eigenvalue weighted by atomic mass is 9.93. The standard InChI is InChI=1S/C15H19BrO2/c1-4-18-15(17)12(3)9-14(10-16)13-7-5-11(2)6-8-13/h5-8,14H,3-4,9-10H2,1-2H3. The second-order valence-corrected chi connectivity index (χ2v) is 4.94. The molecule has 98 valence electrons. The smallest absolute Gasteiger partial charge is 0.333 e. The lowest BCUT2D eigenvalue weighted by Gasteiger charge is -2.15. The van der Waals surface area contributed by atoms with Crippen LogP contribution in [0.1, 0.15) is 30.4 Å². The van der Waals surface area contributed by atoms with Crippen molar-refractivity contribution in [3.63, 3.8) is 0 Å². The van der Waals surface area contributed by atoms with E-state index in [1.807, 2.05) is 0 Å². The number of alkyl halides is 1. The SMILES string of the molecule is C=C(CC(CBr)c1ccc(C)cc1)C(=O)OCC. The van der Waals surface area contributed by atoms with Gasteiger partial charge in [0.15, 0.2) is 0 Å². The first-order valence-corrected chi connectivity index (χ1v) is 7.18. The average Bonchev–Trinajstić information content (AvgIpc) is 2.37. The van der Waals surface area contributed by atoms with E-state index in [1.54, 1.807) is 6.92 Å². The van der Waals surface area contributed by atoms with Gasteiger partial charge in [0.2, 0.25) is 0 Å². The molecule has 1 aromatic carbocycles. The molecule has 0 radical (unpaired) electrons. The molecule has 0 saturated carbocycles. The molecule has 0 heterocycles. The van der Waals surface area contributed by atoms with Crippen molar-refractivity contribution >= 4 is 21.9 Å². The second-order valence-electron chi connectivity index (χ2n) is 4.29. The lowest BCUT2D eigenvalue weighted by Crippen LogP contribution is -2.11. The van der Waals surface area contributed by atoms with Crippen LogP contribution in [0, 0.1) is 6.92 Å². The maximum absolute atomic E-state index is 11.5. The molecule has 0 fully saturated rings. The second kappa shape index (κ2) is 7.37. The topological polar surface area (TPSA) is 26.3 Å². The molecule has 2 nitrogen and oxygen atoms in total. The van der Waals surface area contributed by atoms with Crippen LogP contribution in [0.3, 0.4) is 0 Å². The molecule has 0 aliphatic carbocycles. The fraction of sp³-hybridized carbons (Fsp3) is 0.400. The van der Waals surface area contributed by atoms with Gasteiger partial charge in [-0.1, -0.05) is 52.3 Å². The van der Waals surface area contributed by atoms with Crippen LogP contribution in [0.25, 0.3) is 0 Å². The van der Waals surface area contributed by atoms with Gasteiger partial charge in [0, 0.05) is 10.9 Å². The van der Waals surface area contributed by atoms with Gasteiger partial charge >= 0.3 is 5.97 Å². The molecule has 3 heteroatoms. The zero-order valence-electron chi connectivity index (χ0n) is 10.9. The molecule has 0 aliphatic rings. The monoisotopic (exact) mass is 310 g/mol. The van der Waals surface area contributed by atoms with E-state index in [0.29, 0.717) is 18.6 Å². The molecule has 0 bridgehead atoms. The van der Waals surface area contributed by atoms with E-state index in [1.165, 1.54) is 11.1 Å². The molecule has 0 aliphatic heterocycles. The van der Waals surface area contributed by atoms with E-state index < -0.39 is 0 Å². The molecule has 0 spiro atoms. The number of rotatable bonds is 6. The Morgan fingerprint density at radius 1 is 1.39 bits per heavy atom. The van der Waals surface area contributed by atoms with Crippen molar-refractivity contribution in [3.8, 4) is 0 Å². The predicted octanol–water partition coefficient (Wildman–Crippen LogP) is 3.98. The van der Waals surface area contributed by atoms with Gasteiger partial charge in [-0.3, -0.25) is 0 Å². The molecule has 1 unspecified atom stereocenters. The number of carbonyl (C=O) groups excluding carboxylic acids is 1. The fourth-order valence-electron chi connectivity index (χ4n) is 1.71. The number of hydrogen-bond donors (Lipinski definition) is 0. The summed E-state index contributed by atoms with van der Waals surface area (Å²) in [6, 6.07) is 8.36. The first-order valence-electron chi connectivity index (χ1n) is 6.05. The summed E-state index contributed by atoms with van der Waals surface area (Å²) in [5.41, 5.74) is 2.97. The number of esters is 1. The summed E-state index contributed by atoms with van der Waals surface area (Å²) in [7, 11) is 0. The van der Waals surface area contributed by atoms with E-state index in [4.69, 9.17) is 4.74 Å². The maximum Gasteiger partial charge on any atom is 0.333 e. The summed E-state index contributed by atoms with van der Waals surface area (Å²) < 4.78 is 4.95. The van der Waals surface area contributed by atoms with E-state index in [9.17, 15) is 4.79 Å². The normalized spacial score (nSPS) is 11.9. The Balaban J connectivity index is 2.70. The van der Waals surface area contributed by atoms with Crippen molar-refractivity contribution in [2.24, 2.45) is 0 Å². The zero-order chi connectivity index (χ0) is 13.5. The number of ether oxygens (including phenoxy) is 1. The summed E-state index contributed by atoms with van der Waals surface area (Å²) in [5, 5.41) is 0.800. The van der Waals surface area contributed by atoms with Gasteiger partial charge in [-0.25, -0.2) is 4.79 Å². The number of carbonyl (C=O) groups is 1. The van der Waals surface area contributed by atoms with E-state index in [2.05, 4.69) is 53.7 Å². The maximum atomic E-state index is 11.5. The summed E-state index contributed by atoms with van der Waals surface area (Å²) in [6.45, 7) is 8.06. The quantitative estimate of drug-likeness (QED) is 0.451. The van der Waals surface area contributed by atoms with E-state index >= 15 is 0 Å². The Morgan fingerprint density at radius 2 is 2.00 bits per heavy atom. The van der Waals surface area contributed by atoms with Crippen LogP contribution in [-0.4, -0.2) is 17.9 Å². The van der Waals surface area contributed by atoms with Crippen LogP contribution in [0.5, 0.6) is 0 Å². The number of hydrogen-bond acceptors (Lipinski definition) is 2. The first kappa shape index (κ1) is 15.0. The van der Waals surface area contributed by atoms with Gasteiger partial charge in [-0.2, -0.15) is 0 Å². The van der Waals surface area contributed by atoms with Crippen molar-refractivity contribution in [3.05, 3.63) is 47.5 Å². The third kappa shape index (κ3) is 4.30. The van der Waals surface area contributed by atoms with Crippen molar-refractivity contribution in [1.82, 2.24) is 0 Å². The van der Waals surface area contributed by atoms with Crippen molar-refractivity contribution < 1.29 is 9.53 Å². The Kier molecular flexibility index (Phi) is 6.13. The number of benzene rings is 1. The Morgan fingerprint density at radius 3 is 2.50 bits per heavy atom. The molecule has 18 heavy (non-hydrogen) atoms. The third-order valence-corrected chi connectivity index (χ3v) is 3.57. The molecule has 0 N–H and O–H groups in total. The summed E-state index contributed by atoms with van der Waals surface area (Å²) in [4.78, 5) is 11.5. The molecular weight excluding hydrogens is 292 g/mol. The summed E-state index contributed by atoms with van der Waals surface area (Å²) in [6.07, 6.45) is 0.618. The van der Waals surface area contributed by atoms with Gasteiger partial charge in [0.05, 0.1) is 6.61 Å². The highest BCUT2D eigenvalue weighted by atomic mass is 79.9. The molecule has 0 amide bonds. The first-order chi connectivity index (χ1) is 8.58. The zero-order valence-corrected chi connectivity index (χ0v) is 12.5. The van der Waals surface area contributed by atoms with Crippen LogP contribution >= 0.6 is 15.9 Å². The van der Waals surface area contributed by atoms with Gasteiger partial charge < -0.3 is 4.74 Å². The Hall–Kier alpha value is -1.09. The summed E-state index contributed by atoms with van der Waals surface area (Å²) >= 11 is 3.49. The van der Waals surface area contributed by atoms with Crippen molar-refractivity contribution in [2.45, 2.75) is 26.2 Å². The molecule has 1 aromatic rings. The minimum atomic E-state index is -0.296. The highest BCUT2D eigenvalue weighted by molar-refractivity contribution is 9.09. The highest BCUT2D eigenvalue weighted by Crippen LogP contribution is 2.25. The molecule has 0 saturated heterocycles. The van der Waals surface area contributed by atoms with Crippen LogP contribution in [-0.2, 0) is 9.53 Å². The van der Waals surface area contributed by atoms with Crippen LogP contribution in [0.4, 0.5) is 0 Å². The minimum Gasteiger partial charge on any atom is -0.463 e. The van der Waals surface area contributed by atoms with Crippen LogP contribution < -0.4 is 0 Å². The molecule has 0 aromatic heterocycles. The van der Waals surface area contributed by atoms with Gasteiger partial charge in [0.1, 0.15) is 0 Å². The lowest BCUT2D eigenvalue weighted by molar-refractivity contribution is -0.138. The van der Waals surface area contributed by atoms with E-state index in [0.717, 1.165) is 5.33 Å². The number of halogens is 1. The Labute approximate surface area is 117 Å². The van der Waals surface area contributed by atoms with Gasteiger partial charge in [-0.15, -0.1) is 0 Å². The minimum absolute atomic E-state index is 0.252. The largest absolute Gasteiger partial charge is 0.463 e. The molecule has 1 rings (SSSR count). The fourth-order valence-corrected chi connectivity index (χ4v) is 2.32. The van der Waals surface area contributed by atoms with Crippen molar-refractivity contribution in [1.29, 1.82) is 0 Å². The van der Waals surface area contributed by atoms with Crippen LogP contribution in [0.2, 0.25) is 0 Å². The molecular formula is C15H19BrO2. The van der Waals surface area contributed by atoms with E-state index in [-0.39, 0.29) is 11.9 Å². The third-order valence-electron chi connectivity index (χ3n) is 2.79. The highest BCUT2D eigenvalue weighted by Gasteiger charge is 2.16. The van der Waals surface area contributed by atoms with Gasteiger partial charge in [0.25, 0.3) is 0 Å². The van der Waals surface area contributed by atoms with Crippen molar-refractivity contribution in [2.75, 3.05) is 11.9 Å². The van der Waals surface area contributed by atoms with Crippen LogP contribution in [0.15, 0.2) is 36.4 Å². The molecule has 1 atom stereocenters. The summed E-state index contributed by atoms with van der Waals surface area (Å²) in [5.74, 6) is -0.0435. The Bertz CT molecular complexity index is 409. The van der Waals surface area contributed by atoms with Gasteiger partial charge in [-0.05, 0) is 31.7 Å². The number of aryl methyl sites for hydroxylation is 1. The predicted molar refractivity (Wildman–Crippen MR) is 78.1 cm³/mol. The average molecular weight is 311 g/mol.